The van der Waals surface area contributed by atoms with Crippen LogP contribution in [0.3, 0.4) is 0 Å². The second-order valence-electron chi connectivity index (χ2n) is 2.26. The molecule has 0 aliphatic rings. The molecule has 0 N–H and O–H groups in total. The first-order chi connectivity index (χ1) is 6.06. The topological polar surface area (TPSA) is 57.2 Å². The van der Waals surface area contributed by atoms with Gasteiger partial charge in [0, 0.05) is 0 Å². The lowest BCUT2D eigenvalue weighted by Gasteiger charge is -2.08. The first kappa shape index (κ1) is 16.5. The minimum atomic E-state index is -6.09. The summed E-state index contributed by atoms with van der Waals surface area (Å²) in [7, 11) is -5.37. The summed E-state index contributed by atoms with van der Waals surface area (Å²) >= 11 is 0. The van der Waals surface area contributed by atoms with E-state index in [1.807, 2.05) is 0 Å². The molecule has 0 bridgehead atoms. The smallest absolute Gasteiger partial charge is 0.485 e. The van der Waals surface area contributed by atoms with Gasteiger partial charge in [-0.2, -0.15) is 13.2 Å². The molecule has 0 spiro atoms. The summed E-state index contributed by atoms with van der Waals surface area (Å²) in [6, 6.07) is 0. The molecule has 0 aliphatic carbocycles. The number of alkyl halides is 3. The molecule has 0 aliphatic heterocycles. The van der Waals surface area contributed by atoms with Crippen LogP contribution in [-0.2, 0) is 21.0 Å². The molecule has 14 heavy (non-hydrogen) atoms. The van der Waals surface area contributed by atoms with Crippen molar-refractivity contribution in [3.05, 3.63) is 0 Å². The van der Waals surface area contributed by atoms with Crippen molar-refractivity contribution in [1.29, 1.82) is 0 Å². The fraction of sp³-hybridized carbons (Fsp3) is 1.00. The number of rotatable bonds is 2. The lowest BCUT2D eigenvalue weighted by molar-refractivity contribution is -0.0517. The van der Waals surface area contributed by atoms with Crippen LogP contribution in [0, 0.1) is 0 Å². The standard InChI is InChI=1S/C5H13S.CHF3O3S/c1-4-6(3)5-2;2-1(3,4)8(5,6)7/h4-5H2,1-3H3;(H,5,6,7)/q+1;/p-1. The molecule has 3 nitrogen and oxygen atoms in total. The normalized spacial score (nSPS) is 12.3. The third kappa shape index (κ3) is 8.64. The Morgan fingerprint density at radius 2 is 1.43 bits per heavy atom. The highest BCUT2D eigenvalue weighted by Gasteiger charge is 2.36. The third-order valence-electron chi connectivity index (χ3n) is 1.27. The van der Waals surface area contributed by atoms with Gasteiger partial charge in [-0.3, -0.25) is 0 Å². The Hall–Kier alpha value is 0.0500. The predicted octanol–water partition coefficient (Wildman–Crippen LogP) is 1.33. The number of hydrogen-bond donors (Lipinski definition) is 0. The lowest BCUT2D eigenvalue weighted by Crippen LogP contribution is -2.21. The van der Waals surface area contributed by atoms with Crippen molar-refractivity contribution in [3.63, 3.8) is 0 Å². The highest BCUT2D eigenvalue weighted by Crippen LogP contribution is 2.20. The highest BCUT2D eigenvalue weighted by molar-refractivity contribution is 7.96. The van der Waals surface area contributed by atoms with Crippen LogP contribution < -0.4 is 0 Å². The van der Waals surface area contributed by atoms with Crippen LogP contribution in [0.1, 0.15) is 13.8 Å². The molecular formula is C6H13F3O3S2. The van der Waals surface area contributed by atoms with Gasteiger partial charge in [0.15, 0.2) is 10.1 Å². The van der Waals surface area contributed by atoms with E-state index in [0.29, 0.717) is 10.9 Å². The molecular weight excluding hydrogens is 241 g/mol. The predicted molar refractivity (Wildman–Crippen MR) is 50.1 cm³/mol. The van der Waals surface area contributed by atoms with Gasteiger partial charge >= 0.3 is 5.51 Å². The molecule has 0 aromatic heterocycles. The minimum absolute atomic E-state index is 0.716. The van der Waals surface area contributed by atoms with Crippen molar-refractivity contribution in [2.24, 2.45) is 0 Å². The molecule has 88 valence electrons. The quantitative estimate of drug-likeness (QED) is 0.424. The van der Waals surface area contributed by atoms with Crippen molar-refractivity contribution < 1.29 is 26.1 Å². The Labute approximate surface area is 84.8 Å². The summed E-state index contributed by atoms with van der Waals surface area (Å²) in [5.74, 6) is 2.72. The van der Waals surface area contributed by atoms with E-state index in [1.54, 1.807) is 0 Å². The van der Waals surface area contributed by atoms with Gasteiger partial charge in [0.05, 0.1) is 6.26 Å². The third-order valence-corrected chi connectivity index (χ3v) is 3.81. The maximum atomic E-state index is 10.7. The number of hydrogen-bond acceptors (Lipinski definition) is 3. The van der Waals surface area contributed by atoms with Crippen LogP contribution in [0.4, 0.5) is 13.2 Å². The van der Waals surface area contributed by atoms with Gasteiger partial charge in [0.25, 0.3) is 0 Å². The largest absolute Gasteiger partial charge is 0.741 e. The van der Waals surface area contributed by atoms with E-state index in [4.69, 9.17) is 13.0 Å². The van der Waals surface area contributed by atoms with E-state index in [2.05, 4.69) is 20.1 Å². The van der Waals surface area contributed by atoms with E-state index in [0.717, 1.165) is 0 Å². The van der Waals surface area contributed by atoms with Gasteiger partial charge in [-0.25, -0.2) is 8.42 Å². The Balaban J connectivity index is 0. The fourth-order valence-corrected chi connectivity index (χ4v) is 0.612. The zero-order valence-electron chi connectivity index (χ0n) is 8.09. The Kier molecular flexibility index (Phi) is 7.67. The Morgan fingerprint density at radius 3 is 1.43 bits per heavy atom. The molecule has 0 radical (unpaired) electrons. The first-order valence-electron chi connectivity index (χ1n) is 3.67. The highest BCUT2D eigenvalue weighted by atomic mass is 32.2. The van der Waals surface area contributed by atoms with Gasteiger partial charge in [0.1, 0.15) is 11.5 Å². The van der Waals surface area contributed by atoms with Gasteiger partial charge in [-0.05, 0) is 24.7 Å². The van der Waals surface area contributed by atoms with Crippen molar-refractivity contribution in [1.82, 2.24) is 0 Å². The van der Waals surface area contributed by atoms with Crippen LogP contribution in [0.5, 0.6) is 0 Å². The van der Waals surface area contributed by atoms with Crippen LogP contribution in [0.2, 0.25) is 0 Å². The Bertz CT molecular complexity index is 231. The van der Waals surface area contributed by atoms with Crippen molar-refractivity contribution in [3.8, 4) is 0 Å². The van der Waals surface area contributed by atoms with Crippen LogP contribution in [0.25, 0.3) is 0 Å². The molecule has 0 heterocycles. The van der Waals surface area contributed by atoms with Gasteiger partial charge < -0.3 is 4.55 Å². The van der Waals surface area contributed by atoms with Gasteiger partial charge in [-0.1, -0.05) is 0 Å². The summed E-state index contributed by atoms with van der Waals surface area (Å²) < 4.78 is 58.9. The summed E-state index contributed by atoms with van der Waals surface area (Å²) in [5.41, 5.74) is -5.65. The second kappa shape index (κ2) is 6.52. The molecule has 0 rings (SSSR count). The van der Waals surface area contributed by atoms with E-state index in [9.17, 15) is 13.2 Å². The molecule has 0 fully saturated rings. The first-order valence-corrected chi connectivity index (χ1v) is 7.05. The van der Waals surface area contributed by atoms with Crippen molar-refractivity contribution in [2.75, 3.05) is 17.8 Å². The van der Waals surface area contributed by atoms with E-state index < -0.39 is 15.6 Å². The molecule has 8 heteroatoms. The van der Waals surface area contributed by atoms with Gasteiger partial charge in [0.2, 0.25) is 0 Å². The molecule has 0 saturated carbocycles. The van der Waals surface area contributed by atoms with E-state index >= 15 is 0 Å². The molecule has 0 amide bonds. The van der Waals surface area contributed by atoms with E-state index in [-0.39, 0.29) is 0 Å². The van der Waals surface area contributed by atoms with Crippen LogP contribution >= 0.6 is 0 Å². The average Bonchev–Trinajstić information content (AvgIpc) is 2.00. The average molecular weight is 254 g/mol. The lowest BCUT2D eigenvalue weighted by atomic mass is 11.0. The summed E-state index contributed by atoms with van der Waals surface area (Å²) in [4.78, 5) is 0. The zero-order valence-corrected chi connectivity index (χ0v) is 9.72. The Morgan fingerprint density at radius 1 is 1.21 bits per heavy atom. The van der Waals surface area contributed by atoms with Crippen molar-refractivity contribution in [2.45, 2.75) is 19.4 Å². The second-order valence-corrected chi connectivity index (χ2v) is 6.35. The number of halogens is 3. The molecule has 0 atom stereocenters. The van der Waals surface area contributed by atoms with Gasteiger partial charge in [-0.15, -0.1) is 0 Å². The monoisotopic (exact) mass is 254 g/mol. The van der Waals surface area contributed by atoms with Crippen molar-refractivity contribution >= 4 is 21.0 Å². The summed E-state index contributed by atoms with van der Waals surface area (Å²) in [6.07, 6.45) is 2.31. The summed E-state index contributed by atoms with van der Waals surface area (Å²) in [5, 5.41) is 0. The molecule has 0 aromatic rings. The molecule has 0 saturated heterocycles. The van der Waals surface area contributed by atoms with Crippen LogP contribution in [0.15, 0.2) is 0 Å². The molecule has 0 aromatic carbocycles. The maximum absolute atomic E-state index is 10.7. The zero-order chi connectivity index (χ0) is 12.0. The SMILES string of the molecule is CC[S+](C)CC.O=S(=O)([O-])C(F)(F)F. The maximum Gasteiger partial charge on any atom is 0.485 e. The summed E-state index contributed by atoms with van der Waals surface area (Å²) in [6.45, 7) is 4.49. The molecule has 0 unspecified atom stereocenters. The minimum Gasteiger partial charge on any atom is -0.741 e. The van der Waals surface area contributed by atoms with Crippen LogP contribution in [-0.4, -0.2) is 36.2 Å². The van der Waals surface area contributed by atoms with E-state index in [1.165, 1.54) is 11.5 Å². The fourth-order valence-electron chi connectivity index (χ4n) is 0.204.